The molecule has 1 heterocycles. The first kappa shape index (κ1) is 13.6. The molecule has 100 valence electrons. The smallest absolute Gasteiger partial charge is 0.228 e. The third-order valence-corrected chi connectivity index (χ3v) is 2.88. The quantitative estimate of drug-likeness (QED) is 0.807. The van der Waals surface area contributed by atoms with Crippen molar-refractivity contribution in [1.29, 1.82) is 0 Å². The van der Waals surface area contributed by atoms with Crippen LogP contribution in [0.3, 0.4) is 0 Å². The standard InChI is InChI=1S/C14H15ClN2O2/c1-9(2)19-12-5-4-10(8-11(12)15)13(18)14-16-6-7-17(14)3/h4-9H,1-3H3. The number of aromatic nitrogens is 2. The molecule has 0 aliphatic heterocycles. The van der Waals surface area contributed by atoms with Gasteiger partial charge in [0.1, 0.15) is 5.75 Å². The zero-order chi connectivity index (χ0) is 14.0. The number of halogens is 1. The predicted octanol–water partition coefficient (Wildman–Crippen LogP) is 3.09. The average molecular weight is 279 g/mol. The number of ketones is 1. The molecule has 2 rings (SSSR count). The van der Waals surface area contributed by atoms with Crippen molar-refractivity contribution in [2.24, 2.45) is 7.05 Å². The maximum atomic E-state index is 12.2. The van der Waals surface area contributed by atoms with Gasteiger partial charge in [-0.25, -0.2) is 4.98 Å². The summed E-state index contributed by atoms with van der Waals surface area (Å²) in [4.78, 5) is 16.3. The van der Waals surface area contributed by atoms with Crippen LogP contribution in [-0.2, 0) is 7.05 Å². The first-order valence-corrected chi connectivity index (χ1v) is 6.35. The zero-order valence-electron chi connectivity index (χ0n) is 11.1. The molecule has 4 nitrogen and oxygen atoms in total. The summed E-state index contributed by atoms with van der Waals surface area (Å²) in [6.45, 7) is 3.84. The van der Waals surface area contributed by atoms with Crippen molar-refractivity contribution in [2.45, 2.75) is 20.0 Å². The van der Waals surface area contributed by atoms with Crippen LogP contribution in [0.4, 0.5) is 0 Å². The van der Waals surface area contributed by atoms with Crippen molar-refractivity contribution in [3.63, 3.8) is 0 Å². The number of ether oxygens (including phenoxy) is 1. The maximum Gasteiger partial charge on any atom is 0.228 e. The third-order valence-electron chi connectivity index (χ3n) is 2.58. The lowest BCUT2D eigenvalue weighted by Gasteiger charge is -2.11. The molecular formula is C14H15ClN2O2. The zero-order valence-corrected chi connectivity index (χ0v) is 11.8. The van der Waals surface area contributed by atoms with Crippen LogP contribution in [0, 0.1) is 0 Å². The van der Waals surface area contributed by atoms with Crippen molar-refractivity contribution in [2.75, 3.05) is 0 Å². The summed E-state index contributed by atoms with van der Waals surface area (Å²) in [5.41, 5.74) is 0.496. The normalized spacial score (nSPS) is 10.8. The summed E-state index contributed by atoms with van der Waals surface area (Å²) in [6, 6.07) is 5.01. The molecule has 0 spiro atoms. The van der Waals surface area contributed by atoms with E-state index in [0.717, 1.165) is 0 Å². The Morgan fingerprint density at radius 3 is 2.68 bits per heavy atom. The van der Waals surface area contributed by atoms with E-state index >= 15 is 0 Å². The van der Waals surface area contributed by atoms with Gasteiger partial charge in [0.2, 0.25) is 5.78 Å². The molecule has 0 saturated heterocycles. The fourth-order valence-corrected chi connectivity index (χ4v) is 1.93. The lowest BCUT2D eigenvalue weighted by Crippen LogP contribution is -2.10. The molecule has 0 bridgehead atoms. The van der Waals surface area contributed by atoms with Crippen LogP contribution in [0.25, 0.3) is 0 Å². The van der Waals surface area contributed by atoms with Gasteiger partial charge in [-0.15, -0.1) is 0 Å². The highest BCUT2D eigenvalue weighted by Gasteiger charge is 2.15. The van der Waals surface area contributed by atoms with Crippen molar-refractivity contribution in [3.05, 3.63) is 47.0 Å². The molecule has 1 aromatic carbocycles. The first-order valence-electron chi connectivity index (χ1n) is 5.97. The number of aryl methyl sites for hydroxylation is 1. The van der Waals surface area contributed by atoms with Crippen molar-refractivity contribution in [3.8, 4) is 5.75 Å². The van der Waals surface area contributed by atoms with Crippen LogP contribution in [0.5, 0.6) is 5.75 Å². The van der Waals surface area contributed by atoms with E-state index in [4.69, 9.17) is 16.3 Å². The fraction of sp³-hybridized carbons (Fsp3) is 0.286. The Balaban J connectivity index is 2.30. The Morgan fingerprint density at radius 2 is 2.16 bits per heavy atom. The van der Waals surface area contributed by atoms with Gasteiger partial charge in [-0.2, -0.15) is 0 Å². The molecule has 0 unspecified atom stereocenters. The van der Waals surface area contributed by atoms with Crippen molar-refractivity contribution in [1.82, 2.24) is 9.55 Å². The van der Waals surface area contributed by atoms with E-state index in [9.17, 15) is 4.79 Å². The molecule has 19 heavy (non-hydrogen) atoms. The number of rotatable bonds is 4. The summed E-state index contributed by atoms with van der Waals surface area (Å²) in [7, 11) is 1.78. The first-order chi connectivity index (χ1) is 8.99. The molecule has 0 amide bonds. The average Bonchev–Trinajstić information content (AvgIpc) is 2.76. The highest BCUT2D eigenvalue weighted by atomic mass is 35.5. The molecule has 0 aliphatic carbocycles. The fourth-order valence-electron chi connectivity index (χ4n) is 1.71. The number of nitrogens with zero attached hydrogens (tertiary/aromatic N) is 2. The molecule has 0 atom stereocenters. The summed E-state index contributed by atoms with van der Waals surface area (Å²) < 4.78 is 7.21. The second-order valence-electron chi connectivity index (χ2n) is 4.50. The van der Waals surface area contributed by atoms with E-state index in [1.807, 2.05) is 13.8 Å². The number of imidazole rings is 1. The van der Waals surface area contributed by atoms with E-state index in [1.54, 1.807) is 42.2 Å². The van der Waals surface area contributed by atoms with E-state index in [2.05, 4.69) is 4.98 Å². The summed E-state index contributed by atoms with van der Waals surface area (Å²) in [6.07, 6.45) is 3.35. The van der Waals surface area contributed by atoms with Gasteiger partial charge in [-0.1, -0.05) is 11.6 Å². The van der Waals surface area contributed by atoms with Gasteiger partial charge >= 0.3 is 0 Å². The number of carbonyl (C=O) groups excluding carboxylic acids is 1. The minimum atomic E-state index is -0.162. The minimum absolute atomic E-state index is 0.0357. The van der Waals surface area contributed by atoms with E-state index in [0.29, 0.717) is 22.2 Å². The topological polar surface area (TPSA) is 44.1 Å². The molecule has 0 N–H and O–H groups in total. The van der Waals surface area contributed by atoms with Crippen molar-refractivity contribution < 1.29 is 9.53 Å². The van der Waals surface area contributed by atoms with Gasteiger partial charge in [0.15, 0.2) is 5.82 Å². The van der Waals surface area contributed by atoms with Gasteiger partial charge in [-0.05, 0) is 32.0 Å². The van der Waals surface area contributed by atoms with Crippen molar-refractivity contribution >= 4 is 17.4 Å². The van der Waals surface area contributed by atoms with Crippen LogP contribution in [-0.4, -0.2) is 21.4 Å². The van der Waals surface area contributed by atoms with Gasteiger partial charge in [0.25, 0.3) is 0 Å². The van der Waals surface area contributed by atoms with Gasteiger partial charge < -0.3 is 9.30 Å². The SMILES string of the molecule is CC(C)Oc1ccc(C(=O)c2nccn2C)cc1Cl. The molecule has 5 heteroatoms. The van der Waals surface area contributed by atoms with Crippen LogP contribution >= 0.6 is 11.6 Å². The van der Waals surface area contributed by atoms with E-state index in [-0.39, 0.29) is 11.9 Å². The largest absolute Gasteiger partial charge is 0.489 e. The van der Waals surface area contributed by atoms with Gasteiger partial charge in [0.05, 0.1) is 11.1 Å². The Labute approximate surface area is 117 Å². The molecule has 0 saturated carbocycles. The molecular weight excluding hydrogens is 264 g/mol. The lowest BCUT2D eigenvalue weighted by atomic mass is 10.1. The highest BCUT2D eigenvalue weighted by Crippen LogP contribution is 2.27. The number of hydrogen-bond acceptors (Lipinski definition) is 3. The summed E-state index contributed by atoms with van der Waals surface area (Å²) in [5, 5.41) is 0.425. The molecule has 1 aromatic heterocycles. The van der Waals surface area contributed by atoms with Crippen LogP contribution in [0.1, 0.15) is 30.0 Å². The van der Waals surface area contributed by atoms with Gasteiger partial charge in [0, 0.05) is 25.0 Å². The van der Waals surface area contributed by atoms with E-state index in [1.165, 1.54) is 0 Å². The second-order valence-corrected chi connectivity index (χ2v) is 4.91. The number of benzene rings is 1. The predicted molar refractivity (Wildman–Crippen MR) is 73.9 cm³/mol. The number of hydrogen-bond donors (Lipinski definition) is 0. The monoisotopic (exact) mass is 278 g/mol. The Hall–Kier alpha value is -1.81. The minimum Gasteiger partial charge on any atom is -0.489 e. The van der Waals surface area contributed by atoms with Crippen LogP contribution in [0.15, 0.2) is 30.6 Å². The molecule has 0 aliphatic rings. The molecule has 0 fully saturated rings. The van der Waals surface area contributed by atoms with E-state index < -0.39 is 0 Å². The molecule has 0 radical (unpaired) electrons. The second kappa shape index (κ2) is 5.45. The van der Waals surface area contributed by atoms with Crippen LogP contribution in [0.2, 0.25) is 5.02 Å². The Kier molecular flexibility index (Phi) is 3.90. The third kappa shape index (κ3) is 2.96. The highest BCUT2D eigenvalue weighted by molar-refractivity contribution is 6.32. The summed E-state index contributed by atoms with van der Waals surface area (Å²) >= 11 is 6.11. The summed E-state index contributed by atoms with van der Waals surface area (Å²) in [5.74, 6) is 0.798. The van der Waals surface area contributed by atoms with Crippen LogP contribution < -0.4 is 4.74 Å². The maximum absolute atomic E-state index is 12.2. The Bertz CT molecular complexity index is 605. The lowest BCUT2D eigenvalue weighted by molar-refractivity contribution is 0.102. The Morgan fingerprint density at radius 1 is 1.42 bits per heavy atom. The molecule has 2 aromatic rings. The number of carbonyl (C=O) groups is 1. The van der Waals surface area contributed by atoms with Gasteiger partial charge in [-0.3, -0.25) is 4.79 Å².